The Morgan fingerprint density at radius 2 is 1.82 bits per heavy atom. The molecule has 1 aliphatic heterocycles. The fraction of sp³-hybridized carbons (Fsp3) is 0.280. The number of hydrogen-bond acceptors (Lipinski definition) is 4. The summed E-state index contributed by atoms with van der Waals surface area (Å²) in [5, 5.41) is 6.64. The van der Waals surface area contributed by atoms with E-state index in [2.05, 4.69) is 47.8 Å². The second-order valence-electron chi connectivity index (χ2n) is 8.30. The van der Waals surface area contributed by atoms with Gasteiger partial charge in [-0.15, -0.1) is 12.4 Å². The third kappa shape index (κ3) is 5.03. The second-order valence-corrected chi connectivity index (χ2v) is 9.73. The van der Waals surface area contributed by atoms with Gasteiger partial charge in [0.2, 0.25) is 5.91 Å². The van der Waals surface area contributed by atoms with Gasteiger partial charge in [-0.1, -0.05) is 59.3 Å². The van der Waals surface area contributed by atoms with Crippen LogP contribution < -0.4 is 10.2 Å². The van der Waals surface area contributed by atoms with Crippen LogP contribution in [0.1, 0.15) is 12.8 Å². The number of anilines is 1. The van der Waals surface area contributed by atoms with Crippen molar-refractivity contribution in [3.05, 3.63) is 75.4 Å². The van der Waals surface area contributed by atoms with Crippen molar-refractivity contribution >= 4 is 67.9 Å². The first kappa shape index (κ1) is 23.6. The maximum absolute atomic E-state index is 12.9. The molecule has 172 valence electrons. The number of likely N-dealkylation sites (tertiary alicyclic amines) is 1. The van der Waals surface area contributed by atoms with E-state index in [-0.39, 0.29) is 29.7 Å². The summed E-state index contributed by atoms with van der Waals surface area (Å²) in [6.45, 7) is 2.40. The van der Waals surface area contributed by atoms with Gasteiger partial charge in [-0.05, 0) is 48.4 Å². The minimum absolute atomic E-state index is 0. The molecule has 3 aromatic carbocycles. The first-order valence-electron chi connectivity index (χ1n) is 10.9. The highest BCUT2D eigenvalue weighted by Crippen LogP contribution is 2.25. The molecule has 0 aliphatic carbocycles. The van der Waals surface area contributed by atoms with Crippen molar-refractivity contribution in [2.45, 2.75) is 19.4 Å². The van der Waals surface area contributed by atoms with E-state index < -0.39 is 0 Å². The number of nitrogens with one attached hydrogen (secondary N) is 1. The monoisotopic (exact) mass is 501 g/mol. The molecule has 2 heterocycles. The van der Waals surface area contributed by atoms with Crippen molar-refractivity contribution in [1.29, 1.82) is 0 Å². The van der Waals surface area contributed by atoms with E-state index in [1.165, 1.54) is 10.8 Å². The van der Waals surface area contributed by atoms with Crippen LogP contribution in [-0.2, 0) is 11.3 Å². The van der Waals surface area contributed by atoms with Crippen LogP contribution in [0.25, 0.3) is 21.0 Å². The highest BCUT2D eigenvalue weighted by Gasteiger charge is 2.24. The summed E-state index contributed by atoms with van der Waals surface area (Å²) >= 11 is 7.25. The molecular formula is C25H25Cl2N3O2S. The predicted octanol–water partition coefficient (Wildman–Crippen LogP) is 5.64. The van der Waals surface area contributed by atoms with Gasteiger partial charge in [0, 0.05) is 35.7 Å². The highest BCUT2D eigenvalue weighted by molar-refractivity contribution is 7.16. The standard InChI is InChI=1S/C25H24ClN3O2S.ClH/c26-19-8-9-23-22(14-19)29(25(31)32-23)16-24(30)28-12-10-17(11-13-28)15-27-21-7-3-5-18-4-1-2-6-20(18)21;/h1-9,14,17,27H,10-13,15-16H2;1H. The quantitative estimate of drug-likeness (QED) is 0.384. The fourth-order valence-corrected chi connectivity index (χ4v) is 5.48. The third-order valence-corrected chi connectivity index (χ3v) is 7.46. The molecule has 5 rings (SSSR count). The van der Waals surface area contributed by atoms with E-state index in [0.717, 1.165) is 59.7 Å². The van der Waals surface area contributed by atoms with Gasteiger partial charge in [0.05, 0.1) is 10.2 Å². The van der Waals surface area contributed by atoms with E-state index in [0.29, 0.717) is 10.9 Å². The molecule has 0 radical (unpaired) electrons. The summed E-state index contributed by atoms with van der Waals surface area (Å²) in [6.07, 6.45) is 1.91. The highest BCUT2D eigenvalue weighted by atomic mass is 35.5. The molecule has 1 aliphatic rings. The van der Waals surface area contributed by atoms with Gasteiger partial charge in [-0.2, -0.15) is 0 Å². The molecule has 33 heavy (non-hydrogen) atoms. The van der Waals surface area contributed by atoms with Crippen LogP contribution >= 0.6 is 35.3 Å². The van der Waals surface area contributed by atoms with Crippen LogP contribution in [0.4, 0.5) is 5.69 Å². The number of carbonyl (C=O) groups excluding carboxylic acids is 1. The lowest BCUT2D eigenvalue weighted by Gasteiger charge is -2.32. The molecule has 1 amide bonds. The van der Waals surface area contributed by atoms with E-state index >= 15 is 0 Å². The molecule has 1 fully saturated rings. The van der Waals surface area contributed by atoms with E-state index in [1.54, 1.807) is 16.7 Å². The summed E-state index contributed by atoms with van der Waals surface area (Å²) in [5.41, 5.74) is 1.89. The Labute approximate surface area is 207 Å². The first-order valence-corrected chi connectivity index (χ1v) is 12.1. The minimum atomic E-state index is -0.121. The maximum atomic E-state index is 12.9. The molecule has 1 aromatic heterocycles. The molecule has 1 N–H and O–H groups in total. The van der Waals surface area contributed by atoms with Crippen LogP contribution in [0.3, 0.4) is 0 Å². The number of carbonyl (C=O) groups is 1. The van der Waals surface area contributed by atoms with E-state index in [9.17, 15) is 9.59 Å². The summed E-state index contributed by atoms with van der Waals surface area (Å²) in [7, 11) is 0. The molecule has 0 spiro atoms. The molecule has 5 nitrogen and oxygen atoms in total. The van der Waals surface area contributed by atoms with E-state index in [4.69, 9.17) is 11.6 Å². The number of amides is 1. The van der Waals surface area contributed by atoms with Gasteiger partial charge < -0.3 is 10.2 Å². The summed E-state index contributed by atoms with van der Waals surface area (Å²) in [6, 6.07) is 20.1. The number of thiazole rings is 1. The van der Waals surface area contributed by atoms with Crippen molar-refractivity contribution in [1.82, 2.24) is 9.47 Å². The van der Waals surface area contributed by atoms with Crippen LogP contribution in [0.5, 0.6) is 0 Å². The van der Waals surface area contributed by atoms with Crippen molar-refractivity contribution in [3.63, 3.8) is 0 Å². The number of piperidine rings is 1. The SMILES string of the molecule is Cl.O=C(Cn1c(=O)sc2ccc(Cl)cc21)N1CCC(CNc2cccc3ccccc23)CC1. The lowest BCUT2D eigenvalue weighted by Crippen LogP contribution is -2.42. The van der Waals surface area contributed by atoms with E-state index in [1.807, 2.05) is 11.0 Å². The average molecular weight is 502 g/mol. The van der Waals surface area contributed by atoms with Gasteiger partial charge in [0.1, 0.15) is 6.54 Å². The largest absolute Gasteiger partial charge is 0.384 e. The van der Waals surface area contributed by atoms with Crippen molar-refractivity contribution < 1.29 is 4.79 Å². The molecule has 0 saturated carbocycles. The normalized spacial score (nSPS) is 14.4. The number of nitrogens with zero attached hydrogens (tertiary/aromatic N) is 2. The second kappa shape index (κ2) is 10.2. The minimum Gasteiger partial charge on any atom is -0.384 e. The number of benzene rings is 3. The van der Waals surface area contributed by atoms with Gasteiger partial charge in [-0.3, -0.25) is 14.2 Å². The zero-order valence-electron chi connectivity index (χ0n) is 18.0. The Balaban J connectivity index is 0.00000259. The topological polar surface area (TPSA) is 54.3 Å². The number of halogens is 2. The maximum Gasteiger partial charge on any atom is 0.308 e. The van der Waals surface area contributed by atoms with Crippen LogP contribution in [0, 0.1) is 5.92 Å². The number of aromatic nitrogens is 1. The molecule has 1 saturated heterocycles. The zero-order chi connectivity index (χ0) is 22.1. The first-order chi connectivity index (χ1) is 15.6. The smallest absolute Gasteiger partial charge is 0.308 e. The Bertz CT molecular complexity index is 1340. The summed E-state index contributed by atoms with van der Waals surface area (Å²) in [4.78, 5) is 27.1. The predicted molar refractivity (Wildman–Crippen MR) is 140 cm³/mol. The number of hydrogen-bond donors (Lipinski definition) is 1. The van der Waals surface area contributed by atoms with Crippen molar-refractivity contribution in [2.24, 2.45) is 5.92 Å². The molecule has 4 aromatic rings. The Hall–Kier alpha value is -2.54. The van der Waals surface area contributed by atoms with Crippen molar-refractivity contribution in [3.8, 4) is 0 Å². The molecule has 8 heteroatoms. The lowest BCUT2D eigenvalue weighted by atomic mass is 9.96. The number of fused-ring (bicyclic) bond motifs is 2. The number of rotatable bonds is 5. The molecule has 0 bridgehead atoms. The molecule has 0 atom stereocenters. The van der Waals surface area contributed by atoms with Crippen LogP contribution in [0.2, 0.25) is 5.02 Å². The van der Waals surface area contributed by atoms with Crippen molar-refractivity contribution in [2.75, 3.05) is 25.0 Å². The average Bonchev–Trinajstić information content (AvgIpc) is 3.12. The Morgan fingerprint density at radius 3 is 2.64 bits per heavy atom. The Kier molecular flexibility index (Phi) is 7.27. The van der Waals surface area contributed by atoms with Crippen LogP contribution in [-0.4, -0.2) is 35.0 Å². The van der Waals surface area contributed by atoms with Crippen LogP contribution in [0.15, 0.2) is 65.5 Å². The molecule has 0 unspecified atom stereocenters. The lowest BCUT2D eigenvalue weighted by molar-refractivity contribution is -0.133. The van der Waals surface area contributed by atoms with Gasteiger partial charge in [0.15, 0.2) is 0 Å². The fourth-order valence-electron chi connectivity index (χ4n) is 4.44. The zero-order valence-corrected chi connectivity index (χ0v) is 20.4. The Morgan fingerprint density at radius 1 is 1.06 bits per heavy atom. The molecular weight excluding hydrogens is 477 g/mol. The third-order valence-electron chi connectivity index (χ3n) is 6.26. The van der Waals surface area contributed by atoms with Gasteiger partial charge >= 0.3 is 4.87 Å². The van der Waals surface area contributed by atoms with Gasteiger partial charge in [0.25, 0.3) is 0 Å². The summed E-state index contributed by atoms with van der Waals surface area (Å²) < 4.78 is 2.40. The summed E-state index contributed by atoms with van der Waals surface area (Å²) in [5.74, 6) is 0.508. The van der Waals surface area contributed by atoms with Gasteiger partial charge in [-0.25, -0.2) is 0 Å².